The van der Waals surface area contributed by atoms with Crippen molar-refractivity contribution in [2.24, 2.45) is 5.92 Å². The van der Waals surface area contributed by atoms with Gasteiger partial charge in [-0.15, -0.1) is 0 Å². The van der Waals surface area contributed by atoms with Crippen molar-refractivity contribution in [2.45, 2.75) is 32.4 Å². The molecule has 0 saturated heterocycles. The number of carbonyl (C=O) groups is 2. The summed E-state index contributed by atoms with van der Waals surface area (Å²) < 4.78 is 6.31. The Bertz CT molecular complexity index is 1190. The maximum atomic E-state index is 13.6. The van der Waals surface area contributed by atoms with Crippen LogP contribution in [0.5, 0.6) is 5.88 Å². The molecule has 2 amide bonds. The van der Waals surface area contributed by atoms with Crippen LogP contribution < -0.4 is 4.74 Å². The summed E-state index contributed by atoms with van der Waals surface area (Å²) in [6.45, 7) is 4.34. The van der Waals surface area contributed by atoms with E-state index in [2.05, 4.69) is 9.97 Å². The zero-order valence-electron chi connectivity index (χ0n) is 20.9. The Morgan fingerprint density at radius 3 is 2.61 bits per heavy atom. The van der Waals surface area contributed by atoms with Crippen LogP contribution in [0.2, 0.25) is 0 Å². The van der Waals surface area contributed by atoms with Gasteiger partial charge in [-0.2, -0.15) is 0 Å². The molecule has 0 saturated carbocycles. The van der Waals surface area contributed by atoms with Crippen LogP contribution in [0.15, 0.2) is 67.0 Å². The minimum absolute atomic E-state index is 0.0733. The third-order valence-corrected chi connectivity index (χ3v) is 6.57. The van der Waals surface area contributed by atoms with E-state index in [1.54, 1.807) is 35.3 Å². The Morgan fingerprint density at radius 1 is 1.17 bits per heavy atom. The summed E-state index contributed by atoms with van der Waals surface area (Å²) in [4.78, 5) is 38.5. The van der Waals surface area contributed by atoms with Crippen molar-refractivity contribution in [1.29, 1.82) is 0 Å². The first-order chi connectivity index (χ1) is 17.4. The van der Waals surface area contributed by atoms with Gasteiger partial charge in [0.05, 0.1) is 25.6 Å². The lowest BCUT2D eigenvalue weighted by Gasteiger charge is -2.37. The number of pyridine rings is 2. The second kappa shape index (κ2) is 11.3. The highest BCUT2D eigenvalue weighted by atomic mass is 16.5. The van der Waals surface area contributed by atoms with E-state index in [1.165, 1.54) is 0 Å². The number of benzene rings is 1. The molecule has 0 unspecified atom stereocenters. The first-order valence-corrected chi connectivity index (χ1v) is 12.1. The van der Waals surface area contributed by atoms with Crippen molar-refractivity contribution in [3.63, 3.8) is 0 Å². The highest BCUT2D eigenvalue weighted by Gasteiger charge is 2.34. The molecule has 8 heteroatoms. The first kappa shape index (κ1) is 25.3. The first-order valence-electron chi connectivity index (χ1n) is 12.1. The molecule has 4 rings (SSSR count). The molecule has 1 aliphatic heterocycles. The molecule has 36 heavy (non-hydrogen) atoms. The van der Waals surface area contributed by atoms with Crippen molar-refractivity contribution in [3.8, 4) is 17.0 Å². The van der Waals surface area contributed by atoms with E-state index >= 15 is 0 Å². The Balaban J connectivity index is 1.62. The molecule has 0 fully saturated rings. The van der Waals surface area contributed by atoms with Gasteiger partial charge in [-0.1, -0.05) is 43.3 Å². The van der Waals surface area contributed by atoms with Crippen LogP contribution in [0.4, 0.5) is 0 Å². The average molecular weight is 489 g/mol. The van der Waals surface area contributed by atoms with Crippen molar-refractivity contribution >= 4 is 11.8 Å². The van der Waals surface area contributed by atoms with Gasteiger partial charge in [-0.05, 0) is 30.7 Å². The van der Waals surface area contributed by atoms with Crippen LogP contribution in [0, 0.1) is 5.92 Å². The Morgan fingerprint density at radius 2 is 1.92 bits per heavy atom. The predicted octanol–water partition coefficient (Wildman–Crippen LogP) is 3.06. The molecule has 3 aromatic rings. The number of rotatable bonds is 7. The summed E-state index contributed by atoms with van der Waals surface area (Å²) in [7, 11) is 1.74. The van der Waals surface area contributed by atoms with E-state index in [0.29, 0.717) is 24.3 Å². The molecule has 1 aliphatic rings. The van der Waals surface area contributed by atoms with Gasteiger partial charge in [0.25, 0.3) is 5.91 Å². The number of ether oxygens (including phenoxy) is 1. The Labute approximate surface area is 211 Å². The van der Waals surface area contributed by atoms with Crippen LogP contribution in [0.1, 0.15) is 29.9 Å². The molecule has 3 heterocycles. The standard InChI is InChI=1S/C28H32N4O4/c1-19-16-32(20(2)18-33)28(35)24-13-22(21-9-5-4-6-10-21)15-30-27(24)36-25(19)17-31(3)26(34)14-23-11-7-8-12-29-23/h4-13,15,19-20,25,33H,14,16-18H2,1-3H3/t19-,20+,25+/m0/s1. The minimum Gasteiger partial charge on any atom is -0.472 e. The van der Waals surface area contributed by atoms with E-state index in [4.69, 9.17) is 4.74 Å². The smallest absolute Gasteiger partial charge is 0.259 e. The quantitative estimate of drug-likeness (QED) is 0.549. The third-order valence-electron chi connectivity index (χ3n) is 6.57. The number of aliphatic hydroxyl groups is 1. The molecule has 3 atom stereocenters. The van der Waals surface area contributed by atoms with Gasteiger partial charge >= 0.3 is 0 Å². The molecule has 188 valence electrons. The summed E-state index contributed by atoms with van der Waals surface area (Å²) in [5.41, 5.74) is 2.79. The molecule has 8 nitrogen and oxygen atoms in total. The number of fused-ring (bicyclic) bond motifs is 1. The topological polar surface area (TPSA) is 95.9 Å². The lowest BCUT2D eigenvalue weighted by molar-refractivity contribution is -0.130. The zero-order valence-corrected chi connectivity index (χ0v) is 20.9. The molecular weight excluding hydrogens is 456 g/mol. The van der Waals surface area contributed by atoms with E-state index in [0.717, 1.165) is 11.1 Å². The zero-order chi connectivity index (χ0) is 25.7. The number of likely N-dealkylation sites (N-methyl/N-ethyl adjacent to an activating group) is 1. The van der Waals surface area contributed by atoms with Crippen LogP contribution >= 0.6 is 0 Å². The molecule has 0 spiro atoms. The second-order valence-corrected chi connectivity index (χ2v) is 9.34. The fourth-order valence-corrected chi connectivity index (χ4v) is 4.27. The van der Waals surface area contributed by atoms with Crippen LogP contribution in [-0.4, -0.2) is 75.6 Å². The maximum Gasteiger partial charge on any atom is 0.259 e. The van der Waals surface area contributed by atoms with E-state index < -0.39 is 6.10 Å². The van der Waals surface area contributed by atoms with E-state index in [1.807, 2.05) is 62.4 Å². The molecule has 0 radical (unpaired) electrons. The number of amides is 2. The van der Waals surface area contributed by atoms with Crippen LogP contribution in [0.25, 0.3) is 11.1 Å². The Kier molecular flexibility index (Phi) is 7.95. The van der Waals surface area contributed by atoms with E-state index in [-0.39, 0.29) is 42.7 Å². The molecule has 0 aliphatic carbocycles. The van der Waals surface area contributed by atoms with Gasteiger partial charge in [0, 0.05) is 43.2 Å². The average Bonchev–Trinajstić information content (AvgIpc) is 2.91. The summed E-state index contributed by atoms with van der Waals surface area (Å²) in [5.74, 6) is -0.189. The number of hydrogen-bond acceptors (Lipinski definition) is 6. The number of nitrogens with zero attached hydrogens (tertiary/aromatic N) is 4. The normalized spacial score (nSPS) is 18.4. The largest absolute Gasteiger partial charge is 0.472 e. The van der Waals surface area contributed by atoms with Crippen LogP contribution in [0.3, 0.4) is 0 Å². The van der Waals surface area contributed by atoms with Gasteiger partial charge in [0.1, 0.15) is 11.7 Å². The SMILES string of the molecule is C[C@H](CO)N1C[C@H](C)[C@@H](CN(C)C(=O)Cc2ccccn2)Oc2ncc(-c3ccccc3)cc2C1=O. The fraction of sp³-hybridized carbons (Fsp3) is 0.357. The number of aliphatic hydroxyl groups excluding tert-OH is 1. The molecule has 1 N–H and O–H groups in total. The highest BCUT2D eigenvalue weighted by molar-refractivity contribution is 5.98. The Hall–Kier alpha value is -3.78. The lowest BCUT2D eigenvalue weighted by atomic mass is 9.99. The highest BCUT2D eigenvalue weighted by Crippen LogP contribution is 2.30. The number of carbonyl (C=O) groups excluding carboxylic acids is 2. The van der Waals surface area contributed by atoms with Gasteiger partial charge < -0.3 is 19.6 Å². The predicted molar refractivity (Wildman–Crippen MR) is 136 cm³/mol. The summed E-state index contributed by atoms with van der Waals surface area (Å²) >= 11 is 0. The lowest BCUT2D eigenvalue weighted by Crippen LogP contribution is -2.50. The van der Waals surface area contributed by atoms with Gasteiger partial charge in [-0.25, -0.2) is 4.98 Å². The van der Waals surface area contributed by atoms with Gasteiger partial charge in [0.15, 0.2) is 0 Å². The monoisotopic (exact) mass is 488 g/mol. The minimum atomic E-state index is -0.405. The molecule has 0 bridgehead atoms. The molecule has 2 aromatic heterocycles. The van der Waals surface area contributed by atoms with Crippen molar-refractivity contribution in [2.75, 3.05) is 26.7 Å². The fourth-order valence-electron chi connectivity index (χ4n) is 4.27. The summed E-state index contributed by atoms with van der Waals surface area (Å²) in [6.07, 6.45) is 3.15. The van der Waals surface area contributed by atoms with Crippen molar-refractivity contribution < 1.29 is 19.4 Å². The second-order valence-electron chi connectivity index (χ2n) is 9.34. The molecule has 1 aromatic carbocycles. The maximum absolute atomic E-state index is 13.6. The van der Waals surface area contributed by atoms with Crippen molar-refractivity contribution in [1.82, 2.24) is 19.8 Å². The van der Waals surface area contributed by atoms with Gasteiger partial charge in [-0.3, -0.25) is 14.6 Å². The third kappa shape index (κ3) is 5.71. The summed E-state index contributed by atoms with van der Waals surface area (Å²) in [5, 5.41) is 9.86. The summed E-state index contributed by atoms with van der Waals surface area (Å²) in [6, 6.07) is 16.6. The number of aromatic nitrogens is 2. The molecular formula is C28H32N4O4. The van der Waals surface area contributed by atoms with Gasteiger partial charge in [0.2, 0.25) is 11.8 Å². The number of hydrogen-bond donors (Lipinski definition) is 1. The van der Waals surface area contributed by atoms with E-state index in [9.17, 15) is 14.7 Å². The van der Waals surface area contributed by atoms with Crippen molar-refractivity contribution in [3.05, 3.63) is 78.2 Å². The van der Waals surface area contributed by atoms with Crippen LogP contribution in [-0.2, 0) is 11.2 Å².